The second-order valence-electron chi connectivity index (χ2n) is 4.78. The van der Waals surface area contributed by atoms with Gasteiger partial charge in [-0.05, 0) is 38.3 Å². The van der Waals surface area contributed by atoms with Crippen LogP contribution in [0.15, 0.2) is 12.1 Å². The summed E-state index contributed by atoms with van der Waals surface area (Å²) in [6, 6.07) is 4.08. The molecule has 0 radical (unpaired) electrons. The third kappa shape index (κ3) is 3.59. The van der Waals surface area contributed by atoms with Crippen LogP contribution in [0.25, 0.3) is 0 Å². The molecule has 3 nitrogen and oxygen atoms in total. The van der Waals surface area contributed by atoms with Crippen molar-refractivity contribution in [1.29, 1.82) is 0 Å². The molecule has 4 heteroatoms. The van der Waals surface area contributed by atoms with Gasteiger partial charge >= 0.3 is 0 Å². The number of aliphatic hydroxyl groups excluding tert-OH is 1. The number of thiophene rings is 1. The van der Waals surface area contributed by atoms with E-state index in [1.54, 1.807) is 0 Å². The van der Waals surface area contributed by atoms with Crippen molar-refractivity contribution in [3.05, 3.63) is 21.9 Å². The number of amides is 1. The van der Waals surface area contributed by atoms with Gasteiger partial charge in [0.05, 0.1) is 16.4 Å². The number of aliphatic hydroxyl groups is 1. The zero-order valence-electron chi connectivity index (χ0n) is 11.2. The van der Waals surface area contributed by atoms with Crippen molar-refractivity contribution in [2.45, 2.75) is 38.6 Å². The van der Waals surface area contributed by atoms with Gasteiger partial charge < -0.3 is 10.0 Å². The summed E-state index contributed by atoms with van der Waals surface area (Å²) in [5.41, 5.74) is 0. The highest BCUT2D eigenvalue weighted by atomic mass is 32.1. The van der Waals surface area contributed by atoms with E-state index in [4.69, 9.17) is 5.11 Å². The van der Waals surface area contributed by atoms with Crippen molar-refractivity contribution in [2.24, 2.45) is 0 Å². The molecule has 102 valence electrons. The van der Waals surface area contributed by atoms with Crippen LogP contribution in [0.3, 0.4) is 0 Å². The van der Waals surface area contributed by atoms with E-state index in [0.717, 1.165) is 29.1 Å². The topological polar surface area (TPSA) is 40.5 Å². The van der Waals surface area contributed by atoms with Gasteiger partial charge in [0.2, 0.25) is 0 Å². The first-order valence-corrected chi connectivity index (χ1v) is 7.54. The Balaban J connectivity index is 2.05. The number of rotatable bonds is 2. The fraction of sp³-hybridized carbons (Fsp3) is 0.533. The second kappa shape index (κ2) is 6.74. The van der Waals surface area contributed by atoms with Gasteiger partial charge in [-0.25, -0.2) is 0 Å². The van der Waals surface area contributed by atoms with Gasteiger partial charge in [0.15, 0.2) is 0 Å². The van der Waals surface area contributed by atoms with E-state index in [1.807, 2.05) is 17.0 Å². The van der Waals surface area contributed by atoms with Gasteiger partial charge in [0, 0.05) is 19.0 Å². The summed E-state index contributed by atoms with van der Waals surface area (Å²) < 4.78 is 0. The number of hydrogen-bond donors (Lipinski definition) is 1. The quantitative estimate of drug-likeness (QED) is 0.844. The van der Waals surface area contributed by atoms with E-state index in [0.29, 0.717) is 12.5 Å². The van der Waals surface area contributed by atoms with Crippen molar-refractivity contribution >= 4 is 17.2 Å². The van der Waals surface area contributed by atoms with E-state index in [2.05, 4.69) is 18.8 Å². The third-order valence-corrected chi connectivity index (χ3v) is 4.32. The maximum atomic E-state index is 12.4. The summed E-state index contributed by atoms with van der Waals surface area (Å²) in [5, 5.41) is 8.68. The SMILES string of the molecule is CC1CCCCN1C(=O)c1ccc(C#CCCO)s1. The van der Waals surface area contributed by atoms with Gasteiger partial charge in [-0.2, -0.15) is 0 Å². The minimum atomic E-state index is 0.0788. The molecule has 1 atom stereocenters. The molecule has 1 aromatic heterocycles. The molecule has 0 aliphatic carbocycles. The number of carbonyl (C=O) groups excluding carboxylic acids is 1. The predicted octanol–water partition coefficient (Wildman–Crippen LogP) is 2.50. The molecule has 0 spiro atoms. The van der Waals surface area contributed by atoms with Crippen LogP contribution in [0.2, 0.25) is 0 Å². The summed E-state index contributed by atoms with van der Waals surface area (Å²) in [7, 11) is 0. The fourth-order valence-corrected chi connectivity index (χ4v) is 3.10. The lowest BCUT2D eigenvalue weighted by Crippen LogP contribution is -2.41. The van der Waals surface area contributed by atoms with Crippen molar-refractivity contribution in [2.75, 3.05) is 13.2 Å². The zero-order valence-corrected chi connectivity index (χ0v) is 12.0. The normalized spacial score (nSPS) is 18.8. The molecular weight excluding hydrogens is 258 g/mol. The number of nitrogens with zero attached hydrogens (tertiary/aromatic N) is 1. The molecule has 1 saturated heterocycles. The van der Waals surface area contributed by atoms with Gasteiger partial charge in [-0.15, -0.1) is 11.3 Å². The first-order chi connectivity index (χ1) is 9.22. The molecular formula is C15H19NO2S. The van der Waals surface area contributed by atoms with Gasteiger partial charge in [0.1, 0.15) is 0 Å². The van der Waals surface area contributed by atoms with Gasteiger partial charge in [-0.1, -0.05) is 11.8 Å². The molecule has 0 bridgehead atoms. The smallest absolute Gasteiger partial charge is 0.264 e. The molecule has 2 heterocycles. The molecule has 0 aromatic carbocycles. The highest BCUT2D eigenvalue weighted by molar-refractivity contribution is 7.14. The first-order valence-electron chi connectivity index (χ1n) is 6.73. The summed E-state index contributed by atoms with van der Waals surface area (Å²) >= 11 is 1.44. The average Bonchev–Trinajstić information content (AvgIpc) is 2.88. The largest absolute Gasteiger partial charge is 0.395 e. The van der Waals surface area contributed by atoms with Crippen molar-refractivity contribution in [3.8, 4) is 11.8 Å². The molecule has 1 unspecified atom stereocenters. The molecule has 1 N–H and O–H groups in total. The minimum Gasteiger partial charge on any atom is -0.395 e. The second-order valence-corrected chi connectivity index (χ2v) is 5.87. The van der Waals surface area contributed by atoms with Crippen LogP contribution in [0.5, 0.6) is 0 Å². The highest BCUT2D eigenvalue weighted by Crippen LogP contribution is 2.23. The maximum Gasteiger partial charge on any atom is 0.264 e. The van der Waals surface area contributed by atoms with Crippen LogP contribution in [-0.4, -0.2) is 35.1 Å². The van der Waals surface area contributed by atoms with Crippen molar-refractivity contribution in [3.63, 3.8) is 0 Å². The van der Waals surface area contributed by atoms with E-state index in [1.165, 1.54) is 17.8 Å². The van der Waals surface area contributed by atoms with Crippen LogP contribution in [0.4, 0.5) is 0 Å². The minimum absolute atomic E-state index is 0.0788. The highest BCUT2D eigenvalue weighted by Gasteiger charge is 2.24. The van der Waals surface area contributed by atoms with Crippen molar-refractivity contribution in [1.82, 2.24) is 4.90 Å². The van der Waals surface area contributed by atoms with Gasteiger partial charge in [0.25, 0.3) is 5.91 Å². The Labute approximate surface area is 118 Å². The van der Waals surface area contributed by atoms with Crippen LogP contribution in [-0.2, 0) is 0 Å². The number of piperidine rings is 1. The summed E-state index contributed by atoms with van der Waals surface area (Å²) in [5.74, 6) is 5.98. The summed E-state index contributed by atoms with van der Waals surface area (Å²) in [6.45, 7) is 3.06. The summed E-state index contributed by atoms with van der Waals surface area (Å²) in [6.07, 6.45) is 3.89. The van der Waals surface area contributed by atoms with Crippen LogP contribution >= 0.6 is 11.3 Å². The summed E-state index contributed by atoms with van der Waals surface area (Å²) in [4.78, 5) is 16.0. The van der Waals surface area contributed by atoms with Gasteiger partial charge in [-0.3, -0.25) is 4.79 Å². The molecule has 1 aliphatic rings. The Kier molecular flexibility index (Phi) is 5.00. The predicted molar refractivity (Wildman–Crippen MR) is 77.2 cm³/mol. The molecule has 1 aliphatic heterocycles. The van der Waals surface area contributed by atoms with E-state index in [9.17, 15) is 4.79 Å². The van der Waals surface area contributed by atoms with E-state index < -0.39 is 0 Å². The lowest BCUT2D eigenvalue weighted by atomic mass is 10.0. The third-order valence-electron chi connectivity index (χ3n) is 3.33. The number of likely N-dealkylation sites (tertiary alicyclic amines) is 1. The number of carbonyl (C=O) groups is 1. The van der Waals surface area contributed by atoms with Crippen LogP contribution < -0.4 is 0 Å². The maximum absolute atomic E-state index is 12.4. The fourth-order valence-electron chi connectivity index (χ4n) is 2.27. The molecule has 1 aromatic rings. The first kappa shape index (κ1) is 14.1. The number of hydrogen-bond acceptors (Lipinski definition) is 3. The Hall–Kier alpha value is -1.31. The Morgan fingerprint density at radius 2 is 2.37 bits per heavy atom. The lowest BCUT2D eigenvalue weighted by Gasteiger charge is -2.33. The van der Waals surface area contributed by atoms with Crippen LogP contribution in [0, 0.1) is 11.8 Å². The van der Waals surface area contributed by atoms with Crippen LogP contribution in [0.1, 0.15) is 47.2 Å². The van der Waals surface area contributed by atoms with E-state index >= 15 is 0 Å². The lowest BCUT2D eigenvalue weighted by molar-refractivity contribution is 0.0640. The molecule has 2 rings (SSSR count). The standard InChI is InChI=1S/C15H19NO2S/c1-12-6-2-4-10-16(12)15(18)14-9-8-13(19-14)7-3-5-11-17/h8-9,12,17H,2,4-6,10-11H2,1H3. The van der Waals surface area contributed by atoms with Crippen molar-refractivity contribution < 1.29 is 9.90 Å². The molecule has 1 amide bonds. The average molecular weight is 277 g/mol. The Morgan fingerprint density at radius 1 is 1.53 bits per heavy atom. The van der Waals surface area contributed by atoms with E-state index in [-0.39, 0.29) is 12.5 Å². The molecule has 1 fully saturated rings. The molecule has 19 heavy (non-hydrogen) atoms. The zero-order chi connectivity index (χ0) is 13.7. The monoisotopic (exact) mass is 277 g/mol. The Bertz CT molecular complexity index is 498. The molecule has 0 saturated carbocycles. The Morgan fingerprint density at radius 3 is 3.11 bits per heavy atom.